The predicted molar refractivity (Wildman–Crippen MR) is 95.5 cm³/mol. The zero-order valence-electron chi connectivity index (χ0n) is 13.4. The van der Waals surface area contributed by atoms with Crippen molar-refractivity contribution < 1.29 is 9.69 Å². The Hall–Kier alpha value is -2.10. The average molecular weight is 330 g/mol. The van der Waals surface area contributed by atoms with Gasteiger partial charge in [-0.25, -0.2) is 0 Å². The lowest BCUT2D eigenvalue weighted by molar-refractivity contribution is -0.860. The van der Waals surface area contributed by atoms with Gasteiger partial charge in [0.1, 0.15) is 12.6 Å². The molecule has 1 atom stereocenters. The Morgan fingerprint density at radius 1 is 1.17 bits per heavy atom. The van der Waals surface area contributed by atoms with Crippen LogP contribution in [0.5, 0.6) is 0 Å². The first-order valence-corrected chi connectivity index (χ1v) is 8.00. The van der Waals surface area contributed by atoms with Crippen molar-refractivity contribution in [1.29, 1.82) is 0 Å². The fourth-order valence-electron chi connectivity index (χ4n) is 2.35. The fraction of sp³-hybridized carbons (Fsp3) is 0.211. The summed E-state index contributed by atoms with van der Waals surface area (Å²) in [5.74, 6) is -0.111. The van der Waals surface area contributed by atoms with Gasteiger partial charge in [-0.15, -0.1) is 0 Å². The molecule has 0 aromatic heterocycles. The second-order valence-electron chi connectivity index (χ2n) is 5.77. The molecule has 0 aliphatic rings. The Kier molecular flexibility index (Phi) is 6.39. The number of halogens is 1. The second-order valence-corrected chi connectivity index (χ2v) is 6.21. The summed E-state index contributed by atoms with van der Waals surface area (Å²) in [6.45, 7) is 0.820. The summed E-state index contributed by atoms with van der Waals surface area (Å²) in [7, 11) is 4.15. The van der Waals surface area contributed by atoms with Gasteiger partial charge in [0, 0.05) is 11.1 Å². The summed E-state index contributed by atoms with van der Waals surface area (Å²) in [6.07, 6.45) is 3.32. The highest BCUT2D eigenvalue weighted by molar-refractivity contribution is 6.30. The van der Waals surface area contributed by atoms with Crippen LogP contribution in [0, 0.1) is 0 Å². The van der Waals surface area contributed by atoms with Gasteiger partial charge in [0.05, 0.1) is 14.1 Å². The van der Waals surface area contributed by atoms with Crippen LogP contribution in [0.15, 0.2) is 60.7 Å². The first-order valence-electron chi connectivity index (χ1n) is 7.62. The number of carbonyl (C=O) groups is 1. The quantitative estimate of drug-likeness (QED) is 0.784. The van der Waals surface area contributed by atoms with Crippen molar-refractivity contribution in [1.82, 2.24) is 5.32 Å². The van der Waals surface area contributed by atoms with Gasteiger partial charge >= 0.3 is 0 Å². The summed E-state index contributed by atoms with van der Waals surface area (Å²) < 4.78 is 0. The van der Waals surface area contributed by atoms with Crippen LogP contribution < -0.4 is 10.2 Å². The average Bonchev–Trinajstić information content (AvgIpc) is 2.53. The first-order chi connectivity index (χ1) is 11.0. The Morgan fingerprint density at radius 3 is 2.57 bits per heavy atom. The first kappa shape index (κ1) is 17.3. The zero-order chi connectivity index (χ0) is 16.7. The van der Waals surface area contributed by atoms with Crippen LogP contribution in [0.2, 0.25) is 5.02 Å². The molecule has 1 amide bonds. The normalized spacial score (nSPS) is 12.5. The molecule has 2 N–H and O–H groups in total. The molecule has 0 spiro atoms. The number of rotatable bonds is 6. The SMILES string of the molecule is C[NH+](C)C[C@H](NC(=O)/C=C/c1cccc(Cl)c1)c1ccccc1. The molecule has 2 aromatic rings. The van der Waals surface area contributed by atoms with Crippen molar-refractivity contribution in [2.45, 2.75) is 6.04 Å². The Bertz CT molecular complexity index is 668. The van der Waals surface area contributed by atoms with Gasteiger partial charge in [0.15, 0.2) is 0 Å². The standard InChI is InChI=1S/C19H21ClN2O/c1-22(2)14-18(16-8-4-3-5-9-16)21-19(23)12-11-15-7-6-10-17(20)13-15/h3-13,18H,14H2,1-2H3,(H,21,23)/p+1/b12-11+/t18-/m0/s1. The minimum atomic E-state index is -0.111. The molecule has 120 valence electrons. The summed E-state index contributed by atoms with van der Waals surface area (Å²) in [5, 5.41) is 3.73. The molecule has 0 aliphatic carbocycles. The lowest BCUT2D eigenvalue weighted by atomic mass is 10.1. The molecular formula is C19H22ClN2O+. The molecule has 2 aromatic carbocycles. The van der Waals surface area contributed by atoms with E-state index in [1.54, 1.807) is 12.2 Å². The summed E-state index contributed by atoms with van der Waals surface area (Å²) in [4.78, 5) is 13.5. The van der Waals surface area contributed by atoms with E-state index in [-0.39, 0.29) is 11.9 Å². The molecule has 4 heteroatoms. The van der Waals surface area contributed by atoms with Gasteiger partial charge in [-0.2, -0.15) is 0 Å². The molecule has 0 saturated heterocycles. The number of amides is 1. The largest absolute Gasteiger partial charge is 0.340 e. The van der Waals surface area contributed by atoms with Crippen LogP contribution in [0.3, 0.4) is 0 Å². The highest BCUT2D eigenvalue weighted by Gasteiger charge is 2.16. The van der Waals surface area contributed by atoms with Crippen LogP contribution in [-0.4, -0.2) is 26.5 Å². The fourth-order valence-corrected chi connectivity index (χ4v) is 2.55. The van der Waals surface area contributed by atoms with Crippen LogP contribution in [0.4, 0.5) is 0 Å². The third-order valence-electron chi connectivity index (χ3n) is 3.41. The molecule has 2 rings (SSSR count). The monoisotopic (exact) mass is 329 g/mol. The van der Waals surface area contributed by atoms with Gasteiger partial charge in [-0.3, -0.25) is 4.79 Å². The maximum absolute atomic E-state index is 12.2. The third kappa shape index (κ3) is 5.89. The van der Waals surface area contributed by atoms with Gasteiger partial charge in [-0.1, -0.05) is 54.1 Å². The van der Waals surface area contributed by atoms with Gasteiger partial charge in [0.25, 0.3) is 0 Å². The topological polar surface area (TPSA) is 33.5 Å². The minimum absolute atomic E-state index is 0.0160. The van der Waals surface area contributed by atoms with E-state index in [1.807, 2.05) is 54.6 Å². The Morgan fingerprint density at radius 2 is 1.91 bits per heavy atom. The van der Waals surface area contributed by atoms with E-state index >= 15 is 0 Å². The van der Waals surface area contributed by atoms with Gasteiger partial charge in [-0.05, 0) is 29.3 Å². The molecule has 0 saturated carbocycles. The van der Waals surface area contributed by atoms with Gasteiger partial charge in [0.2, 0.25) is 5.91 Å². The van der Waals surface area contributed by atoms with Crippen molar-refractivity contribution in [2.24, 2.45) is 0 Å². The molecular weight excluding hydrogens is 308 g/mol. The van der Waals surface area contributed by atoms with Crippen molar-refractivity contribution in [2.75, 3.05) is 20.6 Å². The van der Waals surface area contributed by atoms with Gasteiger partial charge < -0.3 is 10.2 Å². The number of likely N-dealkylation sites (N-methyl/N-ethyl adjacent to an activating group) is 1. The highest BCUT2D eigenvalue weighted by atomic mass is 35.5. The number of benzene rings is 2. The zero-order valence-corrected chi connectivity index (χ0v) is 14.2. The molecule has 3 nitrogen and oxygen atoms in total. The predicted octanol–water partition coefficient (Wildman–Crippen LogP) is 2.36. The lowest BCUT2D eigenvalue weighted by Crippen LogP contribution is -3.06. The van der Waals surface area contributed by atoms with E-state index in [9.17, 15) is 4.79 Å². The molecule has 23 heavy (non-hydrogen) atoms. The molecule has 0 radical (unpaired) electrons. The van der Waals surface area contributed by atoms with Crippen molar-refractivity contribution in [3.8, 4) is 0 Å². The Labute approximate surface area is 142 Å². The summed E-state index contributed by atoms with van der Waals surface area (Å²) in [6, 6.07) is 17.4. The number of hydrogen-bond acceptors (Lipinski definition) is 1. The Balaban J connectivity index is 2.05. The van der Waals surface area contributed by atoms with E-state index in [0.717, 1.165) is 17.7 Å². The van der Waals surface area contributed by atoms with E-state index in [1.165, 1.54) is 4.90 Å². The smallest absolute Gasteiger partial charge is 0.244 e. The highest BCUT2D eigenvalue weighted by Crippen LogP contribution is 2.13. The van der Waals surface area contributed by atoms with Crippen molar-refractivity contribution >= 4 is 23.6 Å². The lowest BCUT2D eigenvalue weighted by Gasteiger charge is -2.20. The van der Waals surface area contributed by atoms with Crippen molar-refractivity contribution in [3.63, 3.8) is 0 Å². The van der Waals surface area contributed by atoms with E-state index in [0.29, 0.717) is 5.02 Å². The van der Waals surface area contributed by atoms with Crippen LogP contribution in [0.1, 0.15) is 17.2 Å². The molecule has 0 heterocycles. The summed E-state index contributed by atoms with van der Waals surface area (Å²) >= 11 is 5.94. The summed E-state index contributed by atoms with van der Waals surface area (Å²) in [5.41, 5.74) is 2.01. The van der Waals surface area contributed by atoms with Crippen molar-refractivity contribution in [3.05, 3.63) is 76.8 Å². The van der Waals surface area contributed by atoms with Crippen LogP contribution in [-0.2, 0) is 4.79 Å². The number of quaternary nitrogens is 1. The molecule has 0 bridgehead atoms. The van der Waals surface area contributed by atoms with E-state index < -0.39 is 0 Å². The van der Waals surface area contributed by atoms with Crippen LogP contribution >= 0.6 is 11.6 Å². The molecule has 0 fully saturated rings. The minimum Gasteiger partial charge on any atom is -0.340 e. The maximum Gasteiger partial charge on any atom is 0.244 e. The molecule has 0 aliphatic heterocycles. The number of hydrogen-bond donors (Lipinski definition) is 2. The van der Waals surface area contributed by atoms with E-state index in [2.05, 4.69) is 19.4 Å². The third-order valence-corrected chi connectivity index (χ3v) is 3.64. The molecule has 0 unspecified atom stereocenters. The van der Waals surface area contributed by atoms with E-state index in [4.69, 9.17) is 11.6 Å². The maximum atomic E-state index is 12.2. The number of nitrogens with one attached hydrogen (secondary N) is 2. The van der Waals surface area contributed by atoms with Crippen LogP contribution in [0.25, 0.3) is 6.08 Å². The second kappa shape index (κ2) is 8.51. The number of carbonyl (C=O) groups excluding carboxylic acids is 1.